The molecular formula is C13H23NO. The van der Waals surface area contributed by atoms with Gasteiger partial charge in [0.15, 0.2) is 0 Å². The Hall–Kier alpha value is -1.05. The Morgan fingerprint density at radius 2 is 1.87 bits per heavy atom. The fourth-order valence-electron chi connectivity index (χ4n) is 1.38. The van der Waals surface area contributed by atoms with Crippen LogP contribution in [-0.4, -0.2) is 5.91 Å². The summed E-state index contributed by atoms with van der Waals surface area (Å²) < 4.78 is 0. The van der Waals surface area contributed by atoms with Gasteiger partial charge in [0.05, 0.1) is 0 Å². The Bertz CT molecular complexity index is 197. The van der Waals surface area contributed by atoms with E-state index in [1.54, 1.807) is 6.08 Å². The summed E-state index contributed by atoms with van der Waals surface area (Å²) >= 11 is 0. The molecule has 0 aliphatic carbocycles. The fraction of sp³-hybridized carbons (Fsp3) is 0.615. The Morgan fingerprint density at radius 3 is 2.53 bits per heavy atom. The lowest BCUT2D eigenvalue weighted by Gasteiger charge is -1.97. The van der Waals surface area contributed by atoms with Gasteiger partial charge < -0.3 is 5.32 Å². The van der Waals surface area contributed by atoms with Crippen molar-refractivity contribution in [3.05, 3.63) is 24.9 Å². The SMILES string of the molecule is C=CNC(=O)C=CCCCCCCCC. The summed E-state index contributed by atoms with van der Waals surface area (Å²) in [6.45, 7) is 5.64. The summed E-state index contributed by atoms with van der Waals surface area (Å²) in [4.78, 5) is 10.9. The molecule has 86 valence electrons. The molecule has 1 N–H and O–H groups in total. The Kier molecular flexibility index (Phi) is 10.3. The Balaban J connectivity index is 3.22. The van der Waals surface area contributed by atoms with Crippen molar-refractivity contribution in [3.8, 4) is 0 Å². The molecule has 0 aromatic carbocycles. The quantitative estimate of drug-likeness (QED) is 0.456. The predicted molar refractivity (Wildman–Crippen MR) is 65.5 cm³/mol. The van der Waals surface area contributed by atoms with Crippen LogP contribution in [0.5, 0.6) is 0 Å². The predicted octanol–water partition coefficient (Wildman–Crippen LogP) is 3.55. The van der Waals surface area contributed by atoms with Crippen molar-refractivity contribution in [2.24, 2.45) is 0 Å². The third-order valence-electron chi connectivity index (χ3n) is 2.24. The van der Waals surface area contributed by atoms with E-state index >= 15 is 0 Å². The molecule has 2 nitrogen and oxygen atoms in total. The van der Waals surface area contributed by atoms with Crippen LogP contribution in [0, 0.1) is 0 Å². The van der Waals surface area contributed by atoms with Crippen LogP contribution >= 0.6 is 0 Å². The zero-order valence-electron chi connectivity index (χ0n) is 9.80. The highest BCUT2D eigenvalue weighted by Gasteiger charge is 1.90. The lowest BCUT2D eigenvalue weighted by Crippen LogP contribution is -2.12. The van der Waals surface area contributed by atoms with Crippen molar-refractivity contribution in [2.45, 2.75) is 51.9 Å². The van der Waals surface area contributed by atoms with Crippen molar-refractivity contribution in [3.63, 3.8) is 0 Å². The molecule has 0 atom stereocenters. The van der Waals surface area contributed by atoms with Gasteiger partial charge in [-0.05, 0) is 25.1 Å². The highest BCUT2D eigenvalue weighted by Crippen LogP contribution is 2.06. The van der Waals surface area contributed by atoms with Crippen molar-refractivity contribution in [2.75, 3.05) is 0 Å². The molecule has 1 amide bonds. The van der Waals surface area contributed by atoms with E-state index in [2.05, 4.69) is 18.8 Å². The second-order valence-electron chi connectivity index (χ2n) is 3.67. The summed E-state index contributed by atoms with van der Waals surface area (Å²) in [6.07, 6.45) is 13.7. The number of hydrogen-bond acceptors (Lipinski definition) is 1. The maximum atomic E-state index is 10.9. The van der Waals surface area contributed by atoms with Crippen LogP contribution in [-0.2, 0) is 4.79 Å². The molecule has 0 bridgehead atoms. The van der Waals surface area contributed by atoms with E-state index in [0.717, 1.165) is 6.42 Å². The molecule has 0 aliphatic rings. The van der Waals surface area contributed by atoms with E-state index in [4.69, 9.17) is 0 Å². The minimum Gasteiger partial charge on any atom is -0.330 e. The van der Waals surface area contributed by atoms with Crippen LogP contribution in [0.15, 0.2) is 24.9 Å². The molecule has 0 saturated heterocycles. The molecule has 0 saturated carbocycles. The van der Waals surface area contributed by atoms with Crippen molar-refractivity contribution >= 4 is 5.91 Å². The molecule has 15 heavy (non-hydrogen) atoms. The van der Waals surface area contributed by atoms with E-state index in [1.807, 2.05) is 6.08 Å². The molecule has 0 spiro atoms. The fourth-order valence-corrected chi connectivity index (χ4v) is 1.38. The molecule has 0 aromatic heterocycles. The van der Waals surface area contributed by atoms with Crippen LogP contribution in [0.25, 0.3) is 0 Å². The first-order chi connectivity index (χ1) is 7.31. The second-order valence-corrected chi connectivity index (χ2v) is 3.67. The average molecular weight is 209 g/mol. The highest BCUT2D eigenvalue weighted by molar-refractivity contribution is 5.88. The van der Waals surface area contributed by atoms with Crippen LogP contribution in [0.3, 0.4) is 0 Å². The first-order valence-corrected chi connectivity index (χ1v) is 5.89. The van der Waals surface area contributed by atoms with E-state index < -0.39 is 0 Å². The van der Waals surface area contributed by atoms with Crippen LogP contribution in [0.1, 0.15) is 51.9 Å². The van der Waals surface area contributed by atoms with Crippen LogP contribution < -0.4 is 5.32 Å². The number of rotatable bonds is 9. The molecule has 0 radical (unpaired) electrons. The summed E-state index contributed by atoms with van der Waals surface area (Å²) in [5.41, 5.74) is 0. The Labute approximate surface area is 93.5 Å². The van der Waals surface area contributed by atoms with Crippen molar-refractivity contribution < 1.29 is 4.79 Å². The first-order valence-electron chi connectivity index (χ1n) is 5.89. The standard InChI is InChI=1S/C13H23NO/c1-3-5-6-7-8-9-10-11-12-13(15)14-4-2/h4,11-12H,2-3,5-10H2,1H3,(H,14,15). The van der Waals surface area contributed by atoms with Gasteiger partial charge in [0.1, 0.15) is 0 Å². The molecule has 0 heterocycles. The van der Waals surface area contributed by atoms with E-state index in [1.165, 1.54) is 44.7 Å². The monoisotopic (exact) mass is 209 g/mol. The zero-order valence-corrected chi connectivity index (χ0v) is 9.80. The molecule has 0 fully saturated rings. The molecular weight excluding hydrogens is 186 g/mol. The maximum Gasteiger partial charge on any atom is 0.247 e. The number of carbonyl (C=O) groups excluding carboxylic acids is 1. The van der Waals surface area contributed by atoms with Crippen molar-refractivity contribution in [1.29, 1.82) is 0 Å². The van der Waals surface area contributed by atoms with Gasteiger partial charge >= 0.3 is 0 Å². The van der Waals surface area contributed by atoms with Gasteiger partial charge in [0, 0.05) is 0 Å². The largest absolute Gasteiger partial charge is 0.330 e. The number of carbonyl (C=O) groups is 1. The smallest absolute Gasteiger partial charge is 0.247 e. The minimum atomic E-state index is -0.0871. The molecule has 0 unspecified atom stereocenters. The third kappa shape index (κ3) is 10.9. The van der Waals surface area contributed by atoms with Gasteiger partial charge in [-0.2, -0.15) is 0 Å². The first kappa shape index (κ1) is 13.9. The van der Waals surface area contributed by atoms with Crippen LogP contribution in [0.2, 0.25) is 0 Å². The molecule has 2 heteroatoms. The van der Waals surface area contributed by atoms with Gasteiger partial charge in [-0.3, -0.25) is 4.79 Å². The molecule has 0 aliphatic heterocycles. The second kappa shape index (κ2) is 11.0. The highest BCUT2D eigenvalue weighted by atomic mass is 16.1. The van der Waals surface area contributed by atoms with Gasteiger partial charge in [0.2, 0.25) is 5.91 Å². The number of amides is 1. The van der Waals surface area contributed by atoms with E-state index in [9.17, 15) is 4.79 Å². The third-order valence-corrected chi connectivity index (χ3v) is 2.24. The maximum absolute atomic E-state index is 10.9. The zero-order chi connectivity index (χ0) is 11.4. The van der Waals surface area contributed by atoms with Gasteiger partial charge in [-0.15, -0.1) is 0 Å². The summed E-state index contributed by atoms with van der Waals surface area (Å²) in [6, 6.07) is 0. The van der Waals surface area contributed by atoms with E-state index in [0.29, 0.717) is 0 Å². The topological polar surface area (TPSA) is 29.1 Å². The van der Waals surface area contributed by atoms with Gasteiger partial charge in [-0.1, -0.05) is 51.7 Å². The number of hydrogen-bond donors (Lipinski definition) is 1. The normalized spacial score (nSPS) is 10.5. The minimum absolute atomic E-state index is 0.0871. The lowest BCUT2D eigenvalue weighted by atomic mass is 10.1. The van der Waals surface area contributed by atoms with Gasteiger partial charge in [0.25, 0.3) is 0 Å². The summed E-state index contributed by atoms with van der Waals surface area (Å²) in [5.74, 6) is -0.0871. The number of allylic oxidation sites excluding steroid dienone is 1. The van der Waals surface area contributed by atoms with Crippen LogP contribution in [0.4, 0.5) is 0 Å². The number of nitrogens with one attached hydrogen (secondary N) is 1. The summed E-state index contributed by atoms with van der Waals surface area (Å²) in [5, 5.41) is 2.50. The number of unbranched alkanes of at least 4 members (excludes halogenated alkanes) is 6. The molecule has 0 aromatic rings. The summed E-state index contributed by atoms with van der Waals surface area (Å²) in [7, 11) is 0. The lowest BCUT2D eigenvalue weighted by molar-refractivity contribution is -0.115. The average Bonchev–Trinajstić information content (AvgIpc) is 2.22. The van der Waals surface area contributed by atoms with E-state index in [-0.39, 0.29) is 5.91 Å². The molecule has 0 rings (SSSR count). The Morgan fingerprint density at radius 1 is 1.20 bits per heavy atom. The van der Waals surface area contributed by atoms with Gasteiger partial charge in [-0.25, -0.2) is 0 Å². The van der Waals surface area contributed by atoms with Crippen molar-refractivity contribution in [1.82, 2.24) is 5.32 Å².